The van der Waals surface area contributed by atoms with E-state index in [2.05, 4.69) is 0 Å². The second-order valence-electron chi connectivity index (χ2n) is 8.73. The number of carbonyl (C=O) groups excluding carboxylic acids is 2. The third kappa shape index (κ3) is 4.42. The van der Waals surface area contributed by atoms with Gasteiger partial charge in [-0.2, -0.15) is 0 Å². The number of carbonyl (C=O) groups is 2. The maximum absolute atomic E-state index is 13.1. The highest BCUT2D eigenvalue weighted by molar-refractivity contribution is 5.85. The van der Waals surface area contributed by atoms with Crippen LogP contribution in [-0.4, -0.2) is 49.7 Å². The number of methoxy groups -OCH3 is 2. The lowest BCUT2D eigenvalue weighted by molar-refractivity contribution is -0.128. The molecule has 28 heavy (non-hydrogen) atoms. The highest BCUT2D eigenvalue weighted by Crippen LogP contribution is 2.38. The van der Waals surface area contributed by atoms with Gasteiger partial charge in [-0.05, 0) is 69.7 Å². The highest BCUT2D eigenvalue weighted by Gasteiger charge is 2.36. The summed E-state index contributed by atoms with van der Waals surface area (Å²) in [6, 6.07) is 3.99. The van der Waals surface area contributed by atoms with Crippen LogP contribution in [0.5, 0.6) is 11.5 Å². The van der Waals surface area contributed by atoms with Gasteiger partial charge < -0.3 is 19.1 Å². The zero-order valence-corrected chi connectivity index (χ0v) is 17.5. The summed E-state index contributed by atoms with van der Waals surface area (Å²) in [7, 11) is 3.25. The molecule has 0 radical (unpaired) electrons. The monoisotopic (exact) mass is 389 g/mol. The fraction of sp³-hybridized carbons (Fsp3) is 0.636. The average Bonchev–Trinajstić information content (AvgIpc) is 3.07. The van der Waals surface area contributed by atoms with Gasteiger partial charge in [-0.25, -0.2) is 4.79 Å². The van der Waals surface area contributed by atoms with E-state index in [0.717, 1.165) is 12.8 Å². The lowest BCUT2D eigenvalue weighted by Crippen LogP contribution is -2.43. The van der Waals surface area contributed by atoms with Crippen molar-refractivity contribution in [2.75, 3.05) is 27.3 Å². The number of hydrogen-bond donors (Lipinski definition) is 0. The number of ketones is 1. The van der Waals surface area contributed by atoms with Crippen LogP contribution in [0.1, 0.15) is 44.7 Å². The molecule has 1 aliphatic carbocycles. The molecule has 1 amide bonds. The molecule has 0 saturated carbocycles. The Morgan fingerprint density at radius 3 is 1.86 bits per heavy atom. The average molecular weight is 389 g/mol. The van der Waals surface area contributed by atoms with Gasteiger partial charge in [-0.3, -0.25) is 4.79 Å². The number of likely N-dealkylation sites (tertiary alicyclic amines) is 1. The molecule has 0 N–H and O–H groups in total. The van der Waals surface area contributed by atoms with Crippen molar-refractivity contribution in [2.24, 2.45) is 11.8 Å². The van der Waals surface area contributed by atoms with E-state index >= 15 is 0 Å². The van der Waals surface area contributed by atoms with E-state index in [1.165, 1.54) is 11.1 Å². The van der Waals surface area contributed by atoms with Gasteiger partial charge in [0.05, 0.1) is 14.2 Å². The van der Waals surface area contributed by atoms with Gasteiger partial charge in [-0.1, -0.05) is 0 Å². The lowest BCUT2D eigenvalue weighted by atomic mass is 9.84. The Balaban J connectivity index is 1.58. The molecule has 2 aliphatic rings. The molecule has 0 aromatic heterocycles. The molecule has 6 heteroatoms. The van der Waals surface area contributed by atoms with Crippen molar-refractivity contribution in [3.63, 3.8) is 0 Å². The van der Waals surface area contributed by atoms with E-state index in [4.69, 9.17) is 14.2 Å². The number of benzene rings is 1. The van der Waals surface area contributed by atoms with Gasteiger partial charge in [0, 0.05) is 24.9 Å². The predicted octanol–water partition coefficient (Wildman–Crippen LogP) is 3.63. The Bertz CT molecular complexity index is 711. The summed E-state index contributed by atoms with van der Waals surface area (Å²) in [5.74, 6) is 1.75. The largest absolute Gasteiger partial charge is 0.493 e. The van der Waals surface area contributed by atoms with Crippen molar-refractivity contribution in [1.82, 2.24) is 4.90 Å². The van der Waals surface area contributed by atoms with E-state index in [-0.39, 0.29) is 17.9 Å². The summed E-state index contributed by atoms with van der Waals surface area (Å²) >= 11 is 0. The van der Waals surface area contributed by atoms with Crippen molar-refractivity contribution < 1.29 is 23.8 Å². The maximum atomic E-state index is 13.1. The minimum atomic E-state index is -0.499. The van der Waals surface area contributed by atoms with Gasteiger partial charge in [0.15, 0.2) is 11.5 Å². The Kier molecular flexibility index (Phi) is 5.87. The van der Waals surface area contributed by atoms with E-state index < -0.39 is 5.60 Å². The van der Waals surface area contributed by atoms with Crippen LogP contribution in [0.3, 0.4) is 0 Å². The number of ether oxygens (including phenoxy) is 3. The second-order valence-corrected chi connectivity index (χ2v) is 8.73. The van der Waals surface area contributed by atoms with Crippen LogP contribution in [0.4, 0.5) is 4.79 Å². The summed E-state index contributed by atoms with van der Waals surface area (Å²) in [6.07, 6.45) is 2.63. The number of piperidine rings is 1. The fourth-order valence-corrected chi connectivity index (χ4v) is 4.15. The van der Waals surface area contributed by atoms with E-state index in [9.17, 15) is 9.59 Å². The smallest absolute Gasteiger partial charge is 0.410 e. The molecule has 1 aromatic rings. The minimum absolute atomic E-state index is 0.00453. The van der Waals surface area contributed by atoms with Crippen LogP contribution in [-0.2, 0) is 22.4 Å². The highest BCUT2D eigenvalue weighted by atomic mass is 16.6. The third-order valence-electron chi connectivity index (χ3n) is 5.59. The first kappa shape index (κ1) is 20.5. The fourth-order valence-electron chi connectivity index (χ4n) is 4.15. The second kappa shape index (κ2) is 8.02. The number of amides is 1. The zero-order valence-electron chi connectivity index (χ0n) is 17.5. The van der Waals surface area contributed by atoms with Gasteiger partial charge in [-0.15, -0.1) is 0 Å². The number of nitrogens with zero attached hydrogens (tertiary/aromatic N) is 1. The van der Waals surface area contributed by atoms with Crippen LogP contribution >= 0.6 is 0 Å². The molecule has 1 fully saturated rings. The first-order valence-corrected chi connectivity index (χ1v) is 9.97. The molecule has 1 saturated heterocycles. The topological polar surface area (TPSA) is 65.1 Å². The van der Waals surface area contributed by atoms with Crippen LogP contribution in [0.2, 0.25) is 0 Å². The van der Waals surface area contributed by atoms with Crippen molar-refractivity contribution in [3.8, 4) is 11.5 Å². The van der Waals surface area contributed by atoms with Crippen molar-refractivity contribution in [1.29, 1.82) is 0 Å². The minimum Gasteiger partial charge on any atom is -0.493 e. The summed E-state index contributed by atoms with van der Waals surface area (Å²) in [4.78, 5) is 27.0. The Morgan fingerprint density at radius 1 is 0.929 bits per heavy atom. The molecule has 3 rings (SSSR count). The molecule has 1 aliphatic heterocycles. The maximum Gasteiger partial charge on any atom is 0.410 e. The molecule has 0 bridgehead atoms. The molecule has 0 atom stereocenters. The molecule has 154 valence electrons. The Morgan fingerprint density at radius 2 is 1.43 bits per heavy atom. The van der Waals surface area contributed by atoms with Gasteiger partial charge in [0.25, 0.3) is 0 Å². The summed E-state index contributed by atoms with van der Waals surface area (Å²) in [6.45, 7) is 6.74. The van der Waals surface area contributed by atoms with Crippen molar-refractivity contribution in [3.05, 3.63) is 23.3 Å². The van der Waals surface area contributed by atoms with Crippen LogP contribution in [0.25, 0.3) is 0 Å². The number of rotatable bonds is 4. The summed E-state index contributed by atoms with van der Waals surface area (Å²) in [5.41, 5.74) is 1.84. The number of Topliss-reactive ketones (excluding diaryl/α,β-unsaturated/α-hetero) is 1. The SMILES string of the molecule is COc1cc2c(cc1OC)CC(C(=O)C1CCN(C(=O)OC(C)(C)C)CC1)C2. The quantitative estimate of drug-likeness (QED) is 0.787. The number of hydrogen-bond acceptors (Lipinski definition) is 5. The van der Waals surface area contributed by atoms with Gasteiger partial charge in [0.2, 0.25) is 0 Å². The standard InChI is InChI=1S/C22H31NO5/c1-22(2,3)28-21(25)23-8-6-14(7-9-23)20(24)17-10-15-12-18(26-4)19(27-5)13-16(15)11-17/h12-14,17H,6-11H2,1-5H3. The lowest BCUT2D eigenvalue weighted by Gasteiger charge is -2.33. The van der Waals surface area contributed by atoms with Crippen LogP contribution in [0, 0.1) is 11.8 Å². The van der Waals surface area contributed by atoms with Gasteiger partial charge in [0.1, 0.15) is 11.4 Å². The molecule has 6 nitrogen and oxygen atoms in total. The molecule has 1 aromatic carbocycles. The van der Waals surface area contributed by atoms with E-state index in [1.807, 2.05) is 32.9 Å². The molecule has 0 unspecified atom stereocenters. The first-order valence-electron chi connectivity index (χ1n) is 9.97. The number of fused-ring (bicyclic) bond motifs is 1. The third-order valence-corrected chi connectivity index (χ3v) is 5.59. The van der Waals surface area contributed by atoms with Crippen LogP contribution in [0.15, 0.2) is 12.1 Å². The molecule has 1 heterocycles. The van der Waals surface area contributed by atoms with E-state index in [1.54, 1.807) is 19.1 Å². The van der Waals surface area contributed by atoms with Crippen molar-refractivity contribution in [2.45, 2.75) is 52.1 Å². The first-order chi connectivity index (χ1) is 13.2. The normalized spacial score (nSPS) is 18.0. The molecular weight excluding hydrogens is 358 g/mol. The predicted molar refractivity (Wildman–Crippen MR) is 106 cm³/mol. The Labute approximate surface area is 167 Å². The zero-order chi connectivity index (χ0) is 20.5. The molecule has 0 spiro atoms. The summed E-state index contributed by atoms with van der Waals surface area (Å²) < 4.78 is 16.2. The van der Waals surface area contributed by atoms with Crippen LogP contribution < -0.4 is 9.47 Å². The summed E-state index contributed by atoms with van der Waals surface area (Å²) in [5, 5.41) is 0. The van der Waals surface area contributed by atoms with Gasteiger partial charge >= 0.3 is 6.09 Å². The van der Waals surface area contributed by atoms with E-state index in [0.29, 0.717) is 43.2 Å². The Hall–Kier alpha value is -2.24. The molecular formula is C22H31NO5. The van der Waals surface area contributed by atoms with Crippen molar-refractivity contribution >= 4 is 11.9 Å².